The molecule has 2 heterocycles. The molecule has 0 saturated carbocycles. The lowest BCUT2D eigenvalue weighted by atomic mass is 10.0. The maximum absolute atomic E-state index is 14.2. The molecule has 4 rings (SSSR count). The summed E-state index contributed by atoms with van der Waals surface area (Å²) in [4.78, 5) is 29.2. The molecule has 8 nitrogen and oxygen atoms in total. The van der Waals surface area contributed by atoms with E-state index in [1.807, 2.05) is 16.7 Å². The molecule has 0 aromatic heterocycles. The van der Waals surface area contributed by atoms with Crippen molar-refractivity contribution in [1.82, 2.24) is 15.1 Å². The van der Waals surface area contributed by atoms with Crippen molar-refractivity contribution >= 4 is 40.7 Å². The molecule has 2 aliphatic heterocycles. The summed E-state index contributed by atoms with van der Waals surface area (Å²) >= 11 is 12.6. The number of nitrogens with zero attached hydrogens (tertiary/aromatic N) is 2. The molecule has 0 bridgehead atoms. The minimum absolute atomic E-state index is 0.0127. The lowest BCUT2D eigenvalue weighted by Gasteiger charge is -2.43. The zero-order chi connectivity index (χ0) is 26.7. The third-order valence-corrected chi connectivity index (χ3v) is 7.60. The molecule has 3 unspecified atom stereocenters. The zero-order valence-corrected chi connectivity index (χ0v) is 22.0. The Labute approximate surface area is 225 Å². The SMILES string of the molecule is CC(c1c(Cl)ccc(F)c1Cl)N1CCNC(N)C1/C=C(\N)C(=O)Nc1ccc(C(=O)N2CCCC2)cc1. The number of rotatable bonds is 6. The Kier molecular flexibility index (Phi) is 8.71. The molecule has 3 atom stereocenters. The van der Waals surface area contributed by atoms with Crippen LogP contribution in [0.2, 0.25) is 10.0 Å². The van der Waals surface area contributed by atoms with Gasteiger partial charge >= 0.3 is 0 Å². The number of anilines is 1. The highest BCUT2D eigenvalue weighted by Gasteiger charge is 2.34. The van der Waals surface area contributed by atoms with Gasteiger partial charge in [0, 0.05) is 54.1 Å². The van der Waals surface area contributed by atoms with Crippen molar-refractivity contribution in [2.24, 2.45) is 11.5 Å². The average Bonchev–Trinajstić information content (AvgIpc) is 3.42. The van der Waals surface area contributed by atoms with Gasteiger partial charge in [0.05, 0.1) is 22.9 Å². The van der Waals surface area contributed by atoms with Gasteiger partial charge in [0.1, 0.15) is 5.82 Å². The van der Waals surface area contributed by atoms with E-state index in [9.17, 15) is 14.0 Å². The summed E-state index contributed by atoms with van der Waals surface area (Å²) in [5.41, 5.74) is 14.0. The monoisotopic (exact) mass is 548 g/mol. The van der Waals surface area contributed by atoms with E-state index >= 15 is 0 Å². The standard InChI is InChI=1S/C26H31Cl2FN6O2/c1-15(22-18(27)8-9-19(29)23(22)28)35-13-10-32-24(31)21(35)14-20(30)25(36)33-17-6-4-16(5-7-17)26(37)34-11-2-3-12-34/h4-9,14-15,21,24,32H,2-3,10-13,30-31H2,1H3,(H,33,36)/b20-14-. The molecule has 2 saturated heterocycles. The summed E-state index contributed by atoms with van der Waals surface area (Å²) in [7, 11) is 0. The second kappa shape index (κ2) is 11.8. The van der Waals surface area contributed by atoms with E-state index in [1.54, 1.807) is 30.3 Å². The largest absolute Gasteiger partial charge is 0.394 e. The summed E-state index contributed by atoms with van der Waals surface area (Å²) in [5.74, 6) is -1.08. The van der Waals surface area contributed by atoms with Crippen LogP contribution in [-0.2, 0) is 4.79 Å². The molecule has 2 aromatic rings. The average molecular weight is 549 g/mol. The summed E-state index contributed by atoms with van der Waals surface area (Å²) in [6, 6.07) is 8.51. The van der Waals surface area contributed by atoms with Crippen LogP contribution >= 0.6 is 23.2 Å². The second-order valence-corrected chi connectivity index (χ2v) is 10.1. The van der Waals surface area contributed by atoms with Crippen LogP contribution in [0.4, 0.5) is 10.1 Å². The van der Waals surface area contributed by atoms with Crippen LogP contribution < -0.4 is 22.1 Å². The van der Waals surface area contributed by atoms with Gasteiger partial charge in [-0.3, -0.25) is 19.8 Å². The van der Waals surface area contributed by atoms with Gasteiger partial charge < -0.3 is 21.7 Å². The van der Waals surface area contributed by atoms with E-state index in [0.717, 1.165) is 25.9 Å². The summed E-state index contributed by atoms with van der Waals surface area (Å²) < 4.78 is 14.2. The van der Waals surface area contributed by atoms with Crippen LogP contribution in [0, 0.1) is 5.82 Å². The molecule has 2 aliphatic rings. The van der Waals surface area contributed by atoms with Crippen molar-refractivity contribution in [3.63, 3.8) is 0 Å². The Bertz CT molecular complexity index is 1190. The number of piperazine rings is 1. The normalized spacial score (nSPS) is 21.6. The van der Waals surface area contributed by atoms with Crippen molar-refractivity contribution in [3.8, 4) is 0 Å². The number of likely N-dealkylation sites (tertiary alicyclic amines) is 1. The van der Waals surface area contributed by atoms with Crippen molar-refractivity contribution in [2.75, 3.05) is 31.5 Å². The van der Waals surface area contributed by atoms with Crippen LogP contribution in [-0.4, -0.2) is 60.0 Å². The van der Waals surface area contributed by atoms with Gasteiger partial charge in [-0.25, -0.2) is 4.39 Å². The van der Waals surface area contributed by atoms with Gasteiger partial charge in [0.2, 0.25) is 0 Å². The number of carbonyl (C=O) groups is 2. The Morgan fingerprint density at radius 2 is 1.81 bits per heavy atom. The van der Waals surface area contributed by atoms with Crippen molar-refractivity contribution in [1.29, 1.82) is 0 Å². The van der Waals surface area contributed by atoms with Crippen LogP contribution in [0.25, 0.3) is 0 Å². The highest BCUT2D eigenvalue weighted by molar-refractivity contribution is 6.36. The first-order valence-electron chi connectivity index (χ1n) is 12.2. The fourth-order valence-electron chi connectivity index (χ4n) is 4.84. The minimum atomic E-state index is -0.563. The van der Waals surface area contributed by atoms with Gasteiger partial charge in [-0.2, -0.15) is 0 Å². The first-order valence-corrected chi connectivity index (χ1v) is 13.0. The lowest BCUT2D eigenvalue weighted by molar-refractivity contribution is -0.113. The van der Waals surface area contributed by atoms with E-state index in [0.29, 0.717) is 34.9 Å². The van der Waals surface area contributed by atoms with E-state index < -0.39 is 30.0 Å². The second-order valence-electron chi connectivity index (χ2n) is 9.29. The molecule has 2 aromatic carbocycles. The number of benzene rings is 2. The number of nitrogens with two attached hydrogens (primary N) is 2. The van der Waals surface area contributed by atoms with E-state index in [-0.39, 0.29) is 16.6 Å². The fraction of sp³-hybridized carbons (Fsp3) is 0.385. The molecular weight excluding hydrogens is 518 g/mol. The van der Waals surface area contributed by atoms with Gasteiger partial charge in [0.15, 0.2) is 0 Å². The Morgan fingerprint density at radius 1 is 1.14 bits per heavy atom. The van der Waals surface area contributed by atoms with Crippen LogP contribution in [0.15, 0.2) is 48.2 Å². The molecule has 11 heteroatoms. The molecule has 0 radical (unpaired) electrons. The summed E-state index contributed by atoms with van der Waals surface area (Å²) in [5, 5.41) is 6.22. The number of hydrogen-bond donors (Lipinski definition) is 4. The van der Waals surface area contributed by atoms with E-state index in [4.69, 9.17) is 34.7 Å². The number of hydrogen-bond acceptors (Lipinski definition) is 6. The van der Waals surface area contributed by atoms with Crippen molar-refractivity contribution in [2.45, 2.75) is 38.0 Å². The van der Waals surface area contributed by atoms with Crippen LogP contribution in [0.3, 0.4) is 0 Å². The third-order valence-electron chi connectivity index (χ3n) is 6.89. The smallest absolute Gasteiger partial charge is 0.271 e. The van der Waals surface area contributed by atoms with Crippen molar-refractivity contribution in [3.05, 3.63) is 75.2 Å². The number of halogens is 3. The number of amides is 2. The minimum Gasteiger partial charge on any atom is -0.394 e. The van der Waals surface area contributed by atoms with E-state index in [2.05, 4.69) is 10.6 Å². The first-order chi connectivity index (χ1) is 17.7. The Balaban J connectivity index is 1.48. The fourth-order valence-corrected chi connectivity index (χ4v) is 5.53. The predicted molar refractivity (Wildman–Crippen MR) is 144 cm³/mol. The zero-order valence-electron chi connectivity index (χ0n) is 20.5. The molecule has 198 valence electrons. The topological polar surface area (TPSA) is 117 Å². The van der Waals surface area contributed by atoms with Gasteiger partial charge in [0.25, 0.3) is 11.8 Å². The Hall–Kier alpha value is -2.69. The maximum Gasteiger partial charge on any atom is 0.271 e. The molecule has 37 heavy (non-hydrogen) atoms. The maximum atomic E-state index is 14.2. The molecule has 2 fully saturated rings. The van der Waals surface area contributed by atoms with Gasteiger partial charge in [-0.15, -0.1) is 0 Å². The Morgan fingerprint density at radius 3 is 2.49 bits per heavy atom. The van der Waals surface area contributed by atoms with Crippen LogP contribution in [0.5, 0.6) is 0 Å². The molecule has 2 amide bonds. The van der Waals surface area contributed by atoms with Crippen LogP contribution in [0.1, 0.15) is 41.7 Å². The molecule has 0 spiro atoms. The number of nitrogens with one attached hydrogen (secondary N) is 2. The predicted octanol–water partition coefficient (Wildman–Crippen LogP) is 3.47. The summed E-state index contributed by atoms with van der Waals surface area (Å²) in [6.45, 7) is 4.51. The lowest BCUT2D eigenvalue weighted by Crippen LogP contribution is -2.61. The van der Waals surface area contributed by atoms with Crippen molar-refractivity contribution < 1.29 is 14.0 Å². The molecular formula is C26H31Cl2FN6O2. The summed E-state index contributed by atoms with van der Waals surface area (Å²) in [6.07, 6.45) is 3.08. The highest BCUT2D eigenvalue weighted by atomic mass is 35.5. The number of carbonyl (C=O) groups excluding carboxylic acids is 2. The van der Waals surface area contributed by atoms with Gasteiger partial charge in [-0.05, 0) is 62.2 Å². The molecule has 6 N–H and O–H groups in total. The van der Waals surface area contributed by atoms with E-state index in [1.165, 1.54) is 12.1 Å². The highest BCUT2D eigenvalue weighted by Crippen LogP contribution is 2.36. The quantitative estimate of drug-likeness (QED) is 0.324. The van der Waals surface area contributed by atoms with Gasteiger partial charge in [-0.1, -0.05) is 23.2 Å². The third kappa shape index (κ3) is 6.08. The molecule has 0 aliphatic carbocycles. The first kappa shape index (κ1) is 27.3.